The number of thiol groups is 1. The van der Waals surface area contributed by atoms with Crippen molar-refractivity contribution in [1.82, 2.24) is 10.6 Å². The fourth-order valence-corrected chi connectivity index (χ4v) is 3.00. The Morgan fingerprint density at radius 1 is 1.06 bits per heavy atom. The van der Waals surface area contributed by atoms with E-state index >= 15 is 0 Å². The summed E-state index contributed by atoms with van der Waals surface area (Å²) < 4.78 is 24.1. The first kappa shape index (κ1) is 25.6. The third kappa shape index (κ3) is 9.25. The van der Waals surface area contributed by atoms with Crippen molar-refractivity contribution in [2.45, 2.75) is 57.1 Å². The second kappa shape index (κ2) is 11.8. The van der Waals surface area contributed by atoms with Crippen LogP contribution in [-0.2, 0) is 34.0 Å². The van der Waals surface area contributed by atoms with Crippen molar-refractivity contribution in [1.29, 1.82) is 0 Å². The van der Waals surface area contributed by atoms with Crippen molar-refractivity contribution in [2.75, 3.05) is 6.61 Å². The second-order valence-electron chi connectivity index (χ2n) is 8.23. The lowest BCUT2D eigenvalue weighted by Crippen LogP contribution is -2.49. The van der Waals surface area contributed by atoms with Crippen molar-refractivity contribution in [2.24, 2.45) is 0 Å². The minimum Gasteiger partial charge on any atom is -0.444 e. The number of carbonyl (C=O) groups is 2. The van der Waals surface area contributed by atoms with E-state index in [4.69, 9.17) is 9.47 Å². The molecule has 0 aliphatic heterocycles. The maximum atomic E-state index is 13.4. The van der Waals surface area contributed by atoms with Crippen LogP contribution in [0.25, 0.3) is 0 Å². The average molecular weight is 465 g/mol. The third-order valence-electron chi connectivity index (χ3n) is 4.16. The van der Waals surface area contributed by atoms with Crippen LogP contribution in [0.4, 0.5) is 9.18 Å². The number of benzene rings is 2. The fraction of sp³-hybridized carbons (Fsp3) is 0.391. The van der Waals surface area contributed by atoms with E-state index in [2.05, 4.69) is 23.3 Å². The fourth-order valence-electron chi connectivity index (χ4n) is 2.71. The Hall–Kier alpha value is -2.62. The normalized spacial score (nSPS) is 12.2. The summed E-state index contributed by atoms with van der Waals surface area (Å²) >= 11 is 4.15. The van der Waals surface area contributed by atoms with Crippen LogP contribution >= 0.6 is 12.6 Å². The Morgan fingerprint density at radius 2 is 1.69 bits per heavy atom. The van der Waals surface area contributed by atoms with Crippen molar-refractivity contribution in [3.05, 3.63) is 65.0 Å². The maximum absolute atomic E-state index is 13.4. The van der Waals surface area contributed by atoms with Crippen molar-refractivity contribution in [3.63, 3.8) is 0 Å². The number of ether oxygens (including phenoxy) is 2. The lowest BCUT2D eigenvalue weighted by atomic mass is 10.1. The molecule has 174 valence electrons. The molecule has 9 heteroatoms. The molecule has 0 aliphatic rings. The van der Waals surface area contributed by atoms with Crippen LogP contribution in [-0.4, -0.2) is 35.4 Å². The van der Waals surface area contributed by atoms with Crippen LogP contribution in [0.3, 0.4) is 0 Å². The van der Waals surface area contributed by atoms with E-state index in [-0.39, 0.29) is 19.0 Å². The zero-order valence-corrected chi connectivity index (χ0v) is 19.2. The highest BCUT2D eigenvalue weighted by atomic mass is 32.1. The molecule has 3 N–H and O–H groups in total. The van der Waals surface area contributed by atoms with Gasteiger partial charge < -0.3 is 25.2 Å². The summed E-state index contributed by atoms with van der Waals surface area (Å²) in [6, 6.07) is 10.8. The molecule has 0 heterocycles. The first-order valence-electron chi connectivity index (χ1n) is 10.1. The lowest BCUT2D eigenvalue weighted by Gasteiger charge is -2.22. The molecule has 0 radical (unpaired) electrons. The summed E-state index contributed by atoms with van der Waals surface area (Å²) in [7, 11) is 0. The van der Waals surface area contributed by atoms with Gasteiger partial charge in [0.15, 0.2) is 0 Å². The summed E-state index contributed by atoms with van der Waals surface area (Å²) in [5, 5.41) is 14.4. The second-order valence-corrected chi connectivity index (χ2v) is 8.74. The maximum Gasteiger partial charge on any atom is 0.408 e. The minimum atomic E-state index is -1.11. The predicted octanol–water partition coefficient (Wildman–Crippen LogP) is 3.33. The monoisotopic (exact) mass is 464 g/mol. The SMILES string of the molecule is CC(C)(C)OC(=O)NC(CO)C(=O)NCc1ccc(COCc2cc(F)cc(S)c2)cc1. The molecule has 2 amide bonds. The first-order valence-corrected chi connectivity index (χ1v) is 10.5. The Balaban J connectivity index is 1.78. The highest BCUT2D eigenvalue weighted by Crippen LogP contribution is 2.14. The van der Waals surface area contributed by atoms with E-state index < -0.39 is 30.3 Å². The predicted molar refractivity (Wildman–Crippen MR) is 121 cm³/mol. The van der Waals surface area contributed by atoms with Gasteiger partial charge in [-0.1, -0.05) is 24.3 Å². The van der Waals surface area contributed by atoms with Crippen molar-refractivity contribution in [3.8, 4) is 0 Å². The smallest absolute Gasteiger partial charge is 0.408 e. The van der Waals surface area contributed by atoms with Gasteiger partial charge in [-0.15, -0.1) is 12.6 Å². The molecule has 0 saturated carbocycles. The van der Waals surface area contributed by atoms with E-state index in [0.29, 0.717) is 17.1 Å². The molecule has 0 saturated heterocycles. The minimum absolute atomic E-state index is 0.223. The number of hydrogen-bond acceptors (Lipinski definition) is 6. The Kier molecular flexibility index (Phi) is 9.49. The zero-order chi connectivity index (χ0) is 23.7. The topological polar surface area (TPSA) is 96.9 Å². The molecule has 0 aliphatic carbocycles. The molecule has 2 aromatic carbocycles. The van der Waals surface area contributed by atoms with Gasteiger partial charge in [0, 0.05) is 11.4 Å². The van der Waals surface area contributed by atoms with E-state index in [1.54, 1.807) is 26.8 Å². The molecule has 1 unspecified atom stereocenters. The number of aliphatic hydroxyl groups excluding tert-OH is 1. The van der Waals surface area contributed by atoms with Crippen LogP contribution < -0.4 is 10.6 Å². The number of nitrogens with one attached hydrogen (secondary N) is 2. The lowest BCUT2D eigenvalue weighted by molar-refractivity contribution is -0.124. The van der Waals surface area contributed by atoms with Gasteiger partial charge >= 0.3 is 6.09 Å². The van der Waals surface area contributed by atoms with Gasteiger partial charge in [0.05, 0.1) is 19.8 Å². The third-order valence-corrected chi connectivity index (χ3v) is 4.42. The van der Waals surface area contributed by atoms with Crippen LogP contribution in [0.2, 0.25) is 0 Å². The van der Waals surface area contributed by atoms with Gasteiger partial charge in [-0.3, -0.25) is 4.79 Å². The highest BCUT2D eigenvalue weighted by Gasteiger charge is 2.23. The first-order chi connectivity index (χ1) is 15.1. The summed E-state index contributed by atoms with van der Waals surface area (Å²) in [6.07, 6.45) is -0.778. The molecule has 0 fully saturated rings. The standard InChI is InChI=1S/C23H29FN2O5S/c1-23(2,3)31-22(29)26-20(12-27)21(28)25-11-15-4-6-16(7-5-15)13-30-14-17-8-18(24)10-19(32)9-17/h4-10,20,27,32H,11-14H2,1-3H3,(H,25,28)(H,26,29). The van der Waals surface area contributed by atoms with Gasteiger partial charge in [0.2, 0.25) is 5.91 Å². The Labute approximate surface area is 192 Å². The molecule has 0 spiro atoms. The summed E-state index contributed by atoms with van der Waals surface area (Å²) in [6.45, 7) is 5.38. The number of carbonyl (C=O) groups excluding carboxylic acids is 2. The van der Waals surface area contributed by atoms with Crippen molar-refractivity contribution < 1.29 is 28.6 Å². The van der Waals surface area contributed by atoms with Gasteiger partial charge in [-0.2, -0.15) is 0 Å². The molecular formula is C23H29FN2O5S. The number of alkyl carbamates (subject to hydrolysis) is 1. The number of aliphatic hydroxyl groups is 1. The van der Waals surface area contributed by atoms with Crippen molar-refractivity contribution >= 4 is 24.6 Å². The number of hydrogen-bond donors (Lipinski definition) is 4. The largest absolute Gasteiger partial charge is 0.444 e. The molecule has 1 atom stereocenters. The molecule has 7 nitrogen and oxygen atoms in total. The summed E-state index contributed by atoms with van der Waals surface area (Å²) in [5.41, 5.74) is 1.75. The summed E-state index contributed by atoms with van der Waals surface area (Å²) in [5.74, 6) is -0.878. The van der Waals surface area contributed by atoms with Gasteiger partial charge in [0.25, 0.3) is 0 Å². The number of halogens is 1. The van der Waals surface area contributed by atoms with E-state index in [1.807, 2.05) is 24.3 Å². The van der Waals surface area contributed by atoms with Gasteiger partial charge in [0.1, 0.15) is 17.5 Å². The number of amides is 2. The van der Waals surface area contributed by atoms with Gasteiger partial charge in [-0.05, 0) is 55.7 Å². The quantitative estimate of drug-likeness (QED) is 0.427. The number of rotatable bonds is 9. The van der Waals surface area contributed by atoms with Crippen LogP contribution in [0, 0.1) is 5.82 Å². The average Bonchev–Trinajstić information content (AvgIpc) is 2.69. The molecule has 32 heavy (non-hydrogen) atoms. The van der Waals surface area contributed by atoms with Crippen LogP contribution in [0.5, 0.6) is 0 Å². The Bertz CT molecular complexity index is 895. The van der Waals surface area contributed by atoms with Gasteiger partial charge in [-0.25, -0.2) is 9.18 Å². The Morgan fingerprint density at radius 3 is 2.28 bits per heavy atom. The molecule has 0 bridgehead atoms. The van der Waals surface area contributed by atoms with E-state index in [9.17, 15) is 19.1 Å². The highest BCUT2D eigenvalue weighted by molar-refractivity contribution is 7.80. The molecule has 2 rings (SSSR count). The van der Waals surface area contributed by atoms with E-state index in [1.165, 1.54) is 12.1 Å². The van der Waals surface area contributed by atoms with Crippen LogP contribution in [0.15, 0.2) is 47.4 Å². The van der Waals surface area contributed by atoms with Crippen LogP contribution in [0.1, 0.15) is 37.5 Å². The van der Waals surface area contributed by atoms with E-state index in [0.717, 1.165) is 11.1 Å². The zero-order valence-electron chi connectivity index (χ0n) is 18.4. The molecule has 2 aromatic rings. The molecular weight excluding hydrogens is 435 g/mol. The summed E-state index contributed by atoms with van der Waals surface area (Å²) in [4.78, 5) is 24.6. The molecule has 0 aromatic heterocycles.